The van der Waals surface area contributed by atoms with E-state index in [1.165, 1.54) is 16.7 Å². The summed E-state index contributed by atoms with van der Waals surface area (Å²) in [6, 6.07) is 15.8. The van der Waals surface area contributed by atoms with E-state index in [1.54, 1.807) is 23.1 Å². The van der Waals surface area contributed by atoms with Crippen LogP contribution in [0.2, 0.25) is 0 Å². The van der Waals surface area contributed by atoms with Crippen LogP contribution in [0.1, 0.15) is 34.2 Å². The molecule has 0 aliphatic carbocycles. The fourth-order valence-electron chi connectivity index (χ4n) is 2.84. The summed E-state index contributed by atoms with van der Waals surface area (Å²) in [5.74, 6) is 0.115. The molecular formula is C22H24N2O. The van der Waals surface area contributed by atoms with Gasteiger partial charge in [-0.3, -0.25) is 4.79 Å². The van der Waals surface area contributed by atoms with Crippen molar-refractivity contribution in [2.45, 2.75) is 33.2 Å². The first-order valence-corrected chi connectivity index (χ1v) is 8.47. The Hall–Kier alpha value is -2.86. The van der Waals surface area contributed by atoms with Gasteiger partial charge in [0.05, 0.1) is 11.6 Å². The van der Waals surface area contributed by atoms with Crippen LogP contribution in [0, 0.1) is 25.2 Å². The second kappa shape index (κ2) is 8.84. The Kier molecular flexibility index (Phi) is 6.54. The first kappa shape index (κ1) is 18.5. The number of carbonyl (C=O) groups excluding carboxylic acids is 1. The molecular weight excluding hydrogens is 308 g/mol. The number of aryl methyl sites for hydroxylation is 3. The van der Waals surface area contributed by atoms with Crippen molar-refractivity contribution in [1.82, 2.24) is 4.90 Å². The van der Waals surface area contributed by atoms with Gasteiger partial charge in [-0.1, -0.05) is 42.0 Å². The zero-order valence-corrected chi connectivity index (χ0v) is 15.0. The molecule has 0 aromatic heterocycles. The highest BCUT2D eigenvalue weighted by atomic mass is 16.2. The minimum absolute atomic E-state index is 0.115. The van der Waals surface area contributed by atoms with Crippen molar-refractivity contribution in [3.63, 3.8) is 0 Å². The molecule has 0 N–H and O–H groups in total. The van der Waals surface area contributed by atoms with Gasteiger partial charge < -0.3 is 4.90 Å². The van der Waals surface area contributed by atoms with Gasteiger partial charge in [-0.2, -0.15) is 5.26 Å². The summed E-state index contributed by atoms with van der Waals surface area (Å²) in [5.41, 5.74) is 5.33. The topological polar surface area (TPSA) is 44.1 Å². The third kappa shape index (κ3) is 5.32. The average Bonchev–Trinajstić information content (AvgIpc) is 2.61. The summed E-state index contributed by atoms with van der Waals surface area (Å²) in [4.78, 5) is 14.4. The number of nitrogens with zero attached hydrogens (tertiary/aromatic N) is 2. The van der Waals surface area contributed by atoms with Crippen LogP contribution < -0.4 is 0 Å². The van der Waals surface area contributed by atoms with Crippen LogP contribution in [0.15, 0.2) is 55.1 Å². The van der Waals surface area contributed by atoms with Crippen LogP contribution in [0.3, 0.4) is 0 Å². The van der Waals surface area contributed by atoms with Gasteiger partial charge in [-0.15, -0.1) is 6.58 Å². The number of benzene rings is 2. The zero-order chi connectivity index (χ0) is 18.2. The molecule has 0 fully saturated rings. The number of rotatable bonds is 7. The molecule has 0 heterocycles. The van der Waals surface area contributed by atoms with Crippen LogP contribution in [-0.4, -0.2) is 17.4 Å². The molecule has 3 heteroatoms. The first-order chi connectivity index (χ1) is 12.0. The van der Waals surface area contributed by atoms with E-state index in [0.29, 0.717) is 25.1 Å². The quantitative estimate of drug-likeness (QED) is 0.709. The highest BCUT2D eigenvalue weighted by Gasteiger charge is 2.13. The van der Waals surface area contributed by atoms with E-state index >= 15 is 0 Å². The monoisotopic (exact) mass is 332 g/mol. The number of nitriles is 1. The van der Waals surface area contributed by atoms with E-state index in [9.17, 15) is 4.79 Å². The molecule has 0 atom stereocenters. The largest absolute Gasteiger partial charge is 0.335 e. The second-order valence-corrected chi connectivity index (χ2v) is 6.30. The lowest BCUT2D eigenvalue weighted by molar-refractivity contribution is -0.131. The van der Waals surface area contributed by atoms with E-state index in [1.807, 2.05) is 12.1 Å². The number of amides is 1. The van der Waals surface area contributed by atoms with Crippen LogP contribution in [0.25, 0.3) is 0 Å². The van der Waals surface area contributed by atoms with Crippen LogP contribution in [0.5, 0.6) is 0 Å². The zero-order valence-electron chi connectivity index (χ0n) is 15.0. The van der Waals surface area contributed by atoms with Gasteiger partial charge in [0.15, 0.2) is 0 Å². The fourth-order valence-corrected chi connectivity index (χ4v) is 2.84. The maximum Gasteiger partial charge on any atom is 0.223 e. The number of hydrogen-bond acceptors (Lipinski definition) is 2. The molecule has 1 amide bonds. The lowest BCUT2D eigenvalue weighted by atomic mass is 10.0. The predicted octanol–water partition coefficient (Wildman–Crippen LogP) is 4.32. The van der Waals surface area contributed by atoms with Crippen LogP contribution in [-0.2, 0) is 17.8 Å². The van der Waals surface area contributed by atoms with Gasteiger partial charge in [0.25, 0.3) is 0 Å². The molecule has 2 aromatic rings. The van der Waals surface area contributed by atoms with Crippen molar-refractivity contribution in [2.24, 2.45) is 0 Å². The van der Waals surface area contributed by atoms with Gasteiger partial charge in [-0.05, 0) is 49.1 Å². The number of hydrogen-bond donors (Lipinski definition) is 0. The van der Waals surface area contributed by atoms with Crippen molar-refractivity contribution in [1.29, 1.82) is 5.26 Å². The summed E-state index contributed by atoms with van der Waals surface area (Å²) in [6.45, 7) is 8.97. The maximum atomic E-state index is 12.6. The summed E-state index contributed by atoms with van der Waals surface area (Å²) in [7, 11) is 0. The molecule has 2 aromatic carbocycles. The fraction of sp³-hybridized carbons (Fsp3) is 0.273. The molecule has 0 saturated heterocycles. The molecule has 128 valence electrons. The predicted molar refractivity (Wildman–Crippen MR) is 101 cm³/mol. The Morgan fingerprint density at radius 2 is 1.92 bits per heavy atom. The highest BCUT2D eigenvalue weighted by molar-refractivity contribution is 5.76. The Morgan fingerprint density at radius 1 is 1.20 bits per heavy atom. The molecule has 0 spiro atoms. The summed E-state index contributed by atoms with van der Waals surface area (Å²) < 4.78 is 0. The molecule has 0 saturated carbocycles. The van der Waals surface area contributed by atoms with E-state index in [-0.39, 0.29) is 5.91 Å². The van der Waals surface area contributed by atoms with E-state index in [4.69, 9.17) is 5.26 Å². The molecule has 0 radical (unpaired) electrons. The molecule has 0 bridgehead atoms. The van der Waals surface area contributed by atoms with Gasteiger partial charge in [-0.25, -0.2) is 0 Å². The highest BCUT2D eigenvalue weighted by Crippen LogP contribution is 2.14. The minimum atomic E-state index is 0.115. The van der Waals surface area contributed by atoms with E-state index < -0.39 is 0 Å². The number of carbonyl (C=O) groups is 1. The van der Waals surface area contributed by atoms with Crippen LogP contribution in [0.4, 0.5) is 0 Å². The lowest BCUT2D eigenvalue weighted by Gasteiger charge is -2.21. The Bertz CT molecular complexity index is 785. The second-order valence-electron chi connectivity index (χ2n) is 6.30. The maximum absolute atomic E-state index is 12.6. The molecule has 0 aliphatic rings. The van der Waals surface area contributed by atoms with Gasteiger partial charge in [0, 0.05) is 19.5 Å². The average molecular weight is 332 g/mol. The first-order valence-electron chi connectivity index (χ1n) is 8.47. The Balaban J connectivity index is 2.01. The normalized spacial score (nSPS) is 10.1. The van der Waals surface area contributed by atoms with Gasteiger partial charge in [0.1, 0.15) is 0 Å². The summed E-state index contributed by atoms with van der Waals surface area (Å²) in [5, 5.41) is 8.87. The van der Waals surface area contributed by atoms with Crippen molar-refractivity contribution in [3.05, 3.63) is 82.9 Å². The Morgan fingerprint density at radius 3 is 2.52 bits per heavy atom. The third-order valence-electron chi connectivity index (χ3n) is 4.26. The van der Waals surface area contributed by atoms with Crippen molar-refractivity contribution in [3.8, 4) is 6.07 Å². The van der Waals surface area contributed by atoms with E-state index in [2.05, 4.69) is 44.7 Å². The minimum Gasteiger partial charge on any atom is -0.335 e. The van der Waals surface area contributed by atoms with Gasteiger partial charge >= 0.3 is 0 Å². The van der Waals surface area contributed by atoms with Crippen molar-refractivity contribution in [2.75, 3.05) is 6.54 Å². The lowest BCUT2D eigenvalue weighted by Crippen LogP contribution is -2.30. The summed E-state index contributed by atoms with van der Waals surface area (Å²) >= 11 is 0. The van der Waals surface area contributed by atoms with Crippen LogP contribution >= 0.6 is 0 Å². The van der Waals surface area contributed by atoms with Gasteiger partial charge in [0.2, 0.25) is 5.91 Å². The molecule has 25 heavy (non-hydrogen) atoms. The standard InChI is InChI=1S/C22H24N2O/c1-4-13-24(16-20-8-6-19(15-23)7-9-20)22(25)12-11-21-10-5-17(2)14-18(21)3/h4-10,14H,1,11-13,16H2,2-3H3. The Labute approximate surface area is 150 Å². The molecule has 0 unspecified atom stereocenters. The van der Waals surface area contributed by atoms with E-state index in [0.717, 1.165) is 12.0 Å². The molecule has 0 aliphatic heterocycles. The third-order valence-corrected chi connectivity index (χ3v) is 4.26. The smallest absolute Gasteiger partial charge is 0.223 e. The van der Waals surface area contributed by atoms with Crippen molar-refractivity contribution < 1.29 is 4.79 Å². The SMILES string of the molecule is C=CCN(Cc1ccc(C#N)cc1)C(=O)CCc1ccc(C)cc1C. The summed E-state index contributed by atoms with van der Waals surface area (Å²) in [6.07, 6.45) is 2.97. The van der Waals surface area contributed by atoms with Crippen molar-refractivity contribution >= 4 is 5.91 Å². The molecule has 3 nitrogen and oxygen atoms in total. The molecule has 2 rings (SSSR count).